The summed E-state index contributed by atoms with van der Waals surface area (Å²) in [6, 6.07) is 5.78. The molecule has 3 heterocycles. The third kappa shape index (κ3) is 3.28. The molecule has 0 aliphatic heterocycles. The molecule has 3 aromatic rings. The fraction of sp³-hybridized carbons (Fsp3) is 0.250. The molecule has 0 radical (unpaired) electrons. The fourth-order valence-corrected chi connectivity index (χ4v) is 2.94. The molecule has 0 saturated carbocycles. The minimum Gasteiger partial charge on any atom is -0.363 e. The summed E-state index contributed by atoms with van der Waals surface area (Å²) in [5.41, 5.74) is 2.93. The van der Waals surface area contributed by atoms with Crippen LogP contribution in [0.1, 0.15) is 21.3 Å². The minimum absolute atomic E-state index is 0.669. The van der Waals surface area contributed by atoms with Crippen LogP contribution in [-0.4, -0.2) is 19.9 Å². The van der Waals surface area contributed by atoms with Crippen LogP contribution in [0.3, 0.4) is 0 Å². The lowest BCUT2D eigenvalue weighted by molar-refractivity contribution is 1.03. The summed E-state index contributed by atoms with van der Waals surface area (Å²) in [6.45, 7) is 6.75. The molecule has 6 heteroatoms. The second kappa shape index (κ2) is 6.19. The van der Waals surface area contributed by atoms with Crippen molar-refractivity contribution in [3.8, 4) is 11.4 Å². The van der Waals surface area contributed by atoms with Crippen molar-refractivity contribution in [2.24, 2.45) is 0 Å². The van der Waals surface area contributed by atoms with Crippen molar-refractivity contribution in [3.63, 3.8) is 0 Å². The van der Waals surface area contributed by atoms with Gasteiger partial charge in [0.25, 0.3) is 0 Å². The highest BCUT2D eigenvalue weighted by Crippen LogP contribution is 2.19. The molecule has 0 fully saturated rings. The van der Waals surface area contributed by atoms with Gasteiger partial charge in [-0.05, 0) is 32.9 Å². The minimum atomic E-state index is 0.669. The zero-order valence-electron chi connectivity index (χ0n) is 12.8. The van der Waals surface area contributed by atoms with Gasteiger partial charge < -0.3 is 5.32 Å². The van der Waals surface area contributed by atoms with E-state index in [1.165, 1.54) is 4.88 Å². The summed E-state index contributed by atoms with van der Waals surface area (Å²) in [6.07, 6.45) is 3.51. The SMILES string of the molecule is Cc1cc(NCc2nc(C)c(C)s2)nc(-c2cccnc2)n1. The Hall–Kier alpha value is -2.34. The average molecular weight is 311 g/mol. The lowest BCUT2D eigenvalue weighted by Crippen LogP contribution is -2.04. The first-order chi connectivity index (χ1) is 10.6. The average Bonchev–Trinajstić information content (AvgIpc) is 2.84. The van der Waals surface area contributed by atoms with Gasteiger partial charge in [-0.1, -0.05) is 0 Å². The zero-order chi connectivity index (χ0) is 15.5. The number of hydrogen-bond acceptors (Lipinski definition) is 6. The number of thiazole rings is 1. The molecule has 0 aromatic carbocycles. The highest BCUT2D eigenvalue weighted by molar-refractivity contribution is 7.11. The van der Waals surface area contributed by atoms with Gasteiger partial charge in [0.15, 0.2) is 5.82 Å². The molecule has 0 saturated heterocycles. The molecule has 0 spiro atoms. The van der Waals surface area contributed by atoms with E-state index in [4.69, 9.17) is 0 Å². The van der Waals surface area contributed by atoms with Crippen LogP contribution in [0.25, 0.3) is 11.4 Å². The maximum Gasteiger partial charge on any atom is 0.163 e. The molecule has 0 aliphatic carbocycles. The second-order valence-electron chi connectivity index (χ2n) is 5.06. The molecule has 1 N–H and O–H groups in total. The van der Waals surface area contributed by atoms with E-state index in [0.717, 1.165) is 27.8 Å². The van der Waals surface area contributed by atoms with E-state index in [0.29, 0.717) is 12.4 Å². The number of anilines is 1. The molecule has 3 aromatic heterocycles. The van der Waals surface area contributed by atoms with E-state index in [1.54, 1.807) is 23.7 Å². The third-order valence-corrected chi connectivity index (χ3v) is 4.34. The molecule has 3 rings (SSSR count). The van der Waals surface area contributed by atoms with E-state index in [9.17, 15) is 0 Å². The fourth-order valence-electron chi connectivity index (χ4n) is 2.06. The van der Waals surface area contributed by atoms with E-state index >= 15 is 0 Å². The number of hydrogen-bond donors (Lipinski definition) is 1. The van der Waals surface area contributed by atoms with Crippen LogP contribution in [0.15, 0.2) is 30.6 Å². The predicted molar refractivity (Wildman–Crippen MR) is 88.9 cm³/mol. The van der Waals surface area contributed by atoms with E-state index in [2.05, 4.69) is 32.2 Å². The summed E-state index contributed by atoms with van der Waals surface area (Å²) in [7, 11) is 0. The molecular formula is C16H17N5S. The lowest BCUT2D eigenvalue weighted by Gasteiger charge is -2.07. The molecule has 0 atom stereocenters. The van der Waals surface area contributed by atoms with Crippen molar-refractivity contribution in [1.82, 2.24) is 19.9 Å². The normalized spacial score (nSPS) is 10.7. The number of aromatic nitrogens is 4. The molecule has 22 heavy (non-hydrogen) atoms. The number of pyridine rings is 1. The highest BCUT2D eigenvalue weighted by Gasteiger charge is 2.07. The Balaban J connectivity index is 1.81. The Labute approximate surface area is 133 Å². The summed E-state index contributed by atoms with van der Waals surface area (Å²) in [5, 5.41) is 4.39. The van der Waals surface area contributed by atoms with Crippen molar-refractivity contribution in [2.45, 2.75) is 27.3 Å². The Kier molecular flexibility index (Phi) is 4.11. The van der Waals surface area contributed by atoms with Crippen molar-refractivity contribution in [3.05, 3.63) is 51.9 Å². The van der Waals surface area contributed by atoms with E-state index in [1.807, 2.05) is 32.0 Å². The van der Waals surface area contributed by atoms with Crippen molar-refractivity contribution in [2.75, 3.05) is 5.32 Å². The van der Waals surface area contributed by atoms with Gasteiger partial charge in [0.2, 0.25) is 0 Å². The zero-order valence-corrected chi connectivity index (χ0v) is 13.6. The molecule has 5 nitrogen and oxygen atoms in total. The Morgan fingerprint density at radius 3 is 2.68 bits per heavy atom. The van der Waals surface area contributed by atoms with Gasteiger partial charge in [0.1, 0.15) is 10.8 Å². The topological polar surface area (TPSA) is 63.6 Å². The van der Waals surface area contributed by atoms with Crippen LogP contribution < -0.4 is 5.32 Å². The molecule has 0 unspecified atom stereocenters. The van der Waals surface area contributed by atoms with Crippen LogP contribution in [0.2, 0.25) is 0 Å². The Morgan fingerprint density at radius 2 is 2.00 bits per heavy atom. The van der Waals surface area contributed by atoms with Crippen LogP contribution in [0, 0.1) is 20.8 Å². The van der Waals surface area contributed by atoms with Crippen LogP contribution >= 0.6 is 11.3 Å². The molecule has 0 amide bonds. The summed E-state index contributed by atoms with van der Waals surface area (Å²) < 4.78 is 0. The van der Waals surface area contributed by atoms with Gasteiger partial charge in [0.05, 0.1) is 12.2 Å². The van der Waals surface area contributed by atoms with E-state index < -0.39 is 0 Å². The first-order valence-corrected chi connectivity index (χ1v) is 7.86. The number of nitrogens with zero attached hydrogens (tertiary/aromatic N) is 4. The Morgan fingerprint density at radius 1 is 1.14 bits per heavy atom. The second-order valence-corrected chi connectivity index (χ2v) is 6.35. The Bertz CT molecular complexity index is 763. The number of aryl methyl sites for hydroxylation is 3. The van der Waals surface area contributed by atoms with Gasteiger partial charge in [-0.15, -0.1) is 11.3 Å². The van der Waals surface area contributed by atoms with E-state index in [-0.39, 0.29) is 0 Å². The molecule has 112 valence electrons. The highest BCUT2D eigenvalue weighted by atomic mass is 32.1. The van der Waals surface area contributed by atoms with Crippen LogP contribution in [-0.2, 0) is 6.54 Å². The van der Waals surface area contributed by atoms with Gasteiger partial charge in [0, 0.05) is 34.6 Å². The number of nitrogens with one attached hydrogen (secondary N) is 1. The maximum absolute atomic E-state index is 4.56. The number of rotatable bonds is 4. The molecular weight excluding hydrogens is 294 g/mol. The summed E-state index contributed by atoms with van der Waals surface area (Å²) >= 11 is 1.71. The monoisotopic (exact) mass is 311 g/mol. The quantitative estimate of drug-likeness (QED) is 0.798. The van der Waals surface area contributed by atoms with Gasteiger partial charge in [-0.2, -0.15) is 0 Å². The summed E-state index contributed by atoms with van der Waals surface area (Å²) in [5.74, 6) is 1.49. The maximum atomic E-state index is 4.56. The standard InChI is InChI=1S/C16H17N5S/c1-10-7-14(18-9-15-20-11(2)12(3)22-15)21-16(19-10)13-5-4-6-17-8-13/h4-8H,9H2,1-3H3,(H,18,19,21). The molecule has 0 bridgehead atoms. The molecule has 0 aliphatic rings. The van der Waals surface area contributed by atoms with Crippen molar-refractivity contribution >= 4 is 17.2 Å². The van der Waals surface area contributed by atoms with Gasteiger partial charge in [-0.25, -0.2) is 15.0 Å². The lowest BCUT2D eigenvalue weighted by atomic mass is 10.2. The largest absolute Gasteiger partial charge is 0.363 e. The van der Waals surface area contributed by atoms with Crippen LogP contribution in [0.4, 0.5) is 5.82 Å². The van der Waals surface area contributed by atoms with Crippen LogP contribution in [0.5, 0.6) is 0 Å². The predicted octanol–water partition coefficient (Wildman–Crippen LogP) is 3.53. The first kappa shape index (κ1) is 14.6. The van der Waals surface area contributed by atoms with Crippen molar-refractivity contribution < 1.29 is 0 Å². The first-order valence-electron chi connectivity index (χ1n) is 7.04. The smallest absolute Gasteiger partial charge is 0.163 e. The van der Waals surface area contributed by atoms with Gasteiger partial charge in [-0.3, -0.25) is 4.98 Å². The third-order valence-electron chi connectivity index (χ3n) is 3.27. The van der Waals surface area contributed by atoms with Gasteiger partial charge >= 0.3 is 0 Å². The summed E-state index contributed by atoms with van der Waals surface area (Å²) in [4.78, 5) is 18.9. The van der Waals surface area contributed by atoms with Crippen molar-refractivity contribution in [1.29, 1.82) is 0 Å².